The monoisotopic (exact) mass is 318 g/mol. The molecule has 0 bridgehead atoms. The molecule has 1 aliphatic rings. The topological polar surface area (TPSA) is 105 Å². The minimum atomic E-state index is -3.01. The van der Waals surface area contributed by atoms with Crippen LogP contribution in [0.1, 0.15) is 26.2 Å². The third kappa shape index (κ3) is 7.31. The van der Waals surface area contributed by atoms with Gasteiger partial charge in [-0.05, 0) is 25.7 Å². The Hall–Kier alpha value is -1.31. The molecule has 0 saturated carbocycles. The third-order valence-corrected chi connectivity index (χ3v) is 4.29. The van der Waals surface area contributed by atoms with Crippen molar-refractivity contribution in [3.05, 3.63) is 0 Å². The Balaban J connectivity index is 2.65. The van der Waals surface area contributed by atoms with Gasteiger partial charge in [-0.15, -0.1) is 0 Å². The van der Waals surface area contributed by atoms with Gasteiger partial charge in [-0.25, -0.2) is 8.42 Å². The number of nitrogens with two attached hydrogens (primary N) is 1. The van der Waals surface area contributed by atoms with E-state index in [9.17, 15) is 13.2 Å². The van der Waals surface area contributed by atoms with Crippen LogP contribution in [-0.4, -0.2) is 63.4 Å². The van der Waals surface area contributed by atoms with Crippen molar-refractivity contribution in [3.63, 3.8) is 0 Å². The molecular weight excluding hydrogens is 292 g/mol. The van der Waals surface area contributed by atoms with E-state index < -0.39 is 9.84 Å². The van der Waals surface area contributed by atoms with Gasteiger partial charge in [0, 0.05) is 32.3 Å². The fourth-order valence-corrected chi connectivity index (χ4v) is 2.87. The number of hydrogen-bond acceptors (Lipinski definition) is 4. The zero-order valence-electron chi connectivity index (χ0n) is 12.8. The van der Waals surface area contributed by atoms with Crippen LogP contribution in [0, 0.1) is 5.92 Å². The molecule has 1 aliphatic heterocycles. The fourth-order valence-electron chi connectivity index (χ4n) is 2.45. The van der Waals surface area contributed by atoms with Crippen LogP contribution in [0.3, 0.4) is 0 Å². The van der Waals surface area contributed by atoms with Gasteiger partial charge >= 0.3 is 0 Å². The number of likely N-dealkylation sites (tertiary alicyclic amines) is 1. The van der Waals surface area contributed by atoms with Gasteiger partial charge in [-0.2, -0.15) is 0 Å². The summed E-state index contributed by atoms with van der Waals surface area (Å²) in [6, 6.07) is 0. The van der Waals surface area contributed by atoms with Crippen molar-refractivity contribution in [1.82, 2.24) is 10.2 Å². The number of sulfone groups is 1. The molecule has 1 unspecified atom stereocenters. The van der Waals surface area contributed by atoms with E-state index in [-0.39, 0.29) is 24.1 Å². The molecular formula is C13H26N4O3S. The number of nitrogens with zero attached hydrogens (tertiary/aromatic N) is 2. The van der Waals surface area contributed by atoms with E-state index in [4.69, 9.17) is 5.73 Å². The van der Waals surface area contributed by atoms with E-state index in [0.717, 1.165) is 31.9 Å². The van der Waals surface area contributed by atoms with Crippen LogP contribution in [0.15, 0.2) is 4.99 Å². The molecule has 8 heteroatoms. The first-order chi connectivity index (χ1) is 9.81. The largest absolute Gasteiger partial charge is 0.370 e. The molecule has 1 fully saturated rings. The second-order valence-corrected chi connectivity index (χ2v) is 7.75. The number of piperidine rings is 1. The Labute approximate surface area is 126 Å². The average Bonchev–Trinajstić information content (AvgIpc) is 2.36. The lowest BCUT2D eigenvalue weighted by Gasteiger charge is -2.34. The molecule has 1 saturated heterocycles. The number of carbonyl (C=O) groups excluding carboxylic acids is 1. The minimum absolute atomic E-state index is 0.0421. The molecule has 0 radical (unpaired) electrons. The molecule has 1 amide bonds. The summed E-state index contributed by atoms with van der Waals surface area (Å²) < 4.78 is 22.3. The maximum Gasteiger partial charge on any atom is 0.217 e. The summed E-state index contributed by atoms with van der Waals surface area (Å²) in [7, 11) is -3.01. The van der Waals surface area contributed by atoms with Crippen LogP contribution in [0.4, 0.5) is 0 Å². The first kappa shape index (κ1) is 17.7. The fraction of sp³-hybridized carbons (Fsp3) is 0.846. The van der Waals surface area contributed by atoms with E-state index in [1.807, 2.05) is 6.92 Å². The summed E-state index contributed by atoms with van der Waals surface area (Å²) in [5, 5.41) is 3.18. The van der Waals surface area contributed by atoms with Gasteiger partial charge in [-0.1, -0.05) is 0 Å². The van der Waals surface area contributed by atoms with Crippen molar-refractivity contribution in [1.29, 1.82) is 0 Å². The summed E-state index contributed by atoms with van der Waals surface area (Å²) in [5.74, 6) is 0.728. The third-order valence-electron chi connectivity index (χ3n) is 3.37. The molecule has 0 spiro atoms. The van der Waals surface area contributed by atoms with Crippen LogP contribution in [-0.2, 0) is 14.6 Å². The highest BCUT2D eigenvalue weighted by Gasteiger charge is 2.23. The molecule has 1 heterocycles. The Morgan fingerprint density at radius 1 is 1.48 bits per heavy atom. The number of aliphatic imine (C=N–C) groups is 1. The molecule has 0 aliphatic carbocycles. The van der Waals surface area contributed by atoms with Gasteiger partial charge in [0.2, 0.25) is 5.91 Å². The summed E-state index contributed by atoms with van der Waals surface area (Å²) in [5.41, 5.74) is 5.26. The maximum absolute atomic E-state index is 11.2. The lowest BCUT2D eigenvalue weighted by atomic mass is 9.95. The van der Waals surface area contributed by atoms with Crippen molar-refractivity contribution in [2.75, 3.05) is 38.2 Å². The number of hydrogen-bond donors (Lipinski definition) is 2. The second-order valence-electron chi connectivity index (χ2n) is 5.49. The van der Waals surface area contributed by atoms with Crippen LogP contribution in [0.2, 0.25) is 0 Å². The normalized spacial score (nSPS) is 20.4. The number of carbonyl (C=O) groups is 1. The average molecular weight is 318 g/mol. The molecule has 0 aromatic carbocycles. The molecule has 1 rings (SSSR count). The highest BCUT2D eigenvalue weighted by atomic mass is 32.2. The zero-order chi connectivity index (χ0) is 15.9. The molecule has 1 atom stereocenters. The maximum atomic E-state index is 11.2. The summed E-state index contributed by atoms with van der Waals surface area (Å²) in [6.07, 6.45) is 3.56. The minimum Gasteiger partial charge on any atom is -0.370 e. The molecule has 0 aromatic rings. The van der Waals surface area contributed by atoms with Crippen LogP contribution in [0.5, 0.6) is 0 Å². The standard InChI is InChI=1S/C13H26N4O3S/c1-3-15-13(16-6-8-21(2,19)20)17-7-4-5-11(10-17)9-12(14)18/h11H,3-10H2,1-2H3,(H2,14,18)(H,15,16). The molecule has 3 N–H and O–H groups in total. The SMILES string of the molecule is CCNC(=NCCS(C)(=O)=O)N1CCCC(CC(N)=O)C1. The lowest BCUT2D eigenvalue weighted by molar-refractivity contribution is -0.119. The van der Waals surface area contributed by atoms with Crippen LogP contribution >= 0.6 is 0 Å². The number of guanidine groups is 1. The zero-order valence-corrected chi connectivity index (χ0v) is 13.7. The van der Waals surface area contributed by atoms with Crippen molar-refractivity contribution >= 4 is 21.7 Å². The number of amides is 1. The molecule has 0 aromatic heterocycles. The molecule has 122 valence electrons. The van der Waals surface area contributed by atoms with Crippen molar-refractivity contribution in [2.45, 2.75) is 26.2 Å². The van der Waals surface area contributed by atoms with Crippen LogP contribution in [0.25, 0.3) is 0 Å². The summed E-state index contributed by atoms with van der Waals surface area (Å²) >= 11 is 0. The van der Waals surface area contributed by atoms with E-state index >= 15 is 0 Å². The Morgan fingerprint density at radius 2 is 2.19 bits per heavy atom. The van der Waals surface area contributed by atoms with Gasteiger partial charge in [0.1, 0.15) is 9.84 Å². The lowest BCUT2D eigenvalue weighted by Crippen LogP contribution is -2.47. The number of nitrogens with one attached hydrogen (secondary N) is 1. The van der Waals surface area contributed by atoms with Crippen LogP contribution < -0.4 is 11.1 Å². The quantitative estimate of drug-likeness (QED) is 0.511. The first-order valence-electron chi connectivity index (χ1n) is 7.31. The van der Waals surface area contributed by atoms with E-state index in [1.165, 1.54) is 6.26 Å². The van der Waals surface area contributed by atoms with Gasteiger partial charge in [-0.3, -0.25) is 9.79 Å². The summed E-state index contributed by atoms with van der Waals surface area (Å²) in [4.78, 5) is 17.5. The van der Waals surface area contributed by atoms with Gasteiger partial charge in [0.25, 0.3) is 0 Å². The van der Waals surface area contributed by atoms with E-state index in [0.29, 0.717) is 13.0 Å². The van der Waals surface area contributed by atoms with E-state index in [1.54, 1.807) is 0 Å². The Morgan fingerprint density at radius 3 is 2.76 bits per heavy atom. The van der Waals surface area contributed by atoms with E-state index in [2.05, 4.69) is 15.2 Å². The molecule has 7 nitrogen and oxygen atoms in total. The predicted molar refractivity (Wildman–Crippen MR) is 83.8 cm³/mol. The van der Waals surface area contributed by atoms with Crippen molar-refractivity contribution in [3.8, 4) is 0 Å². The summed E-state index contributed by atoms with van der Waals surface area (Å²) in [6.45, 7) is 4.53. The van der Waals surface area contributed by atoms with Gasteiger partial charge in [0.15, 0.2) is 5.96 Å². The molecule has 21 heavy (non-hydrogen) atoms. The number of rotatable bonds is 6. The highest BCUT2D eigenvalue weighted by Crippen LogP contribution is 2.19. The second kappa shape index (κ2) is 8.21. The predicted octanol–water partition coefficient (Wildman–Crippen LogP) is -0.416. The Kier molecular flexibility index (Phi) is 6.94. The number of primary amides is 1. The first-order valence-corrected chi connectivity index (χ1v) is 9.37. The van der Waals surface area contributed by atoms with Gasteiger partial charge in [0.05, 0.1) is 12.3 Å². The highest BCUT2D eigenvalue weighted by molar-refractivity contribution is 7.90. The van der Waals surface area contributed by atoms with Crippen molar-refractivity contribution in [2.24, 2.45) is 16.6 Å². The van der Waals surface area contributed by atoms with Gasteiger partial charge < -0.3 is 16.0 Å². The Bertz CT molecular complexity index is 476. The smallest absolute Gasteiger partial charge is 0.217 e. The van der Waals surface area contributed by atoms with Crippen molar-refractivity contribution < 1.29 is 13.2 Å².